The summed E-state index contributed by atoms with van der Waals surface area (Å²) in [5.41, 5.74) is 12.9. The Labute approximate surface area is 285 Å². The molecular formula is C45H33N3O. The molecular weight excluding hydrogens is 599 g/mol. The zero-order chi connectivity index (χ0) is 32.4. The molecule has 0 bridgehead atoms. The first-order valence-corrected chi connectivity index (χ1v) is 17.3. The Bertz CT molecular complexity index is 2520. The van der Waals surface area contributed by atoms with Crippen LogP contribution in [0.4, 0.5) is 0 Å². The van der Waals surface area contributed by atoms with Crippen LogP contribution in [-0.4, -0.2) is 15.0 Å². The van der Waals surface area contributed by atoms with Crippen molar-refractivity contribution in [3.63, 3.8) is 0 Å². The van der Waals surface area contributed by atoms with E-state index >= 15 is 0 Å². The summed E-state index contributed by atoms with van der Waals surface area (Å²) in [6.45, 7) is 0. The number of aromatic nitrogens is 3. The normalized spacial score (nSPS) is 14.7. The molecule has 2 aliphatic carbocycles. The van der Waals surface area contributed by atoms with Gasteiger partial charge in [0, 0.05) is 32.9 Å². The molecule has 0 N–H and O–H groups in total. The van der Waals surface area contributed by atoms with E-state index in [4.69, 9.17) is 19.4 Å². The first-order valence-electron chi connectivity index (χ1n) is 17.3. The summed E-state index contributed by atoms with van der Waals surface area (Å²) in [7, 11) is 0. The minimum Gasteiger partial charge on any atom is -0.456 e. The lowest BCUT2D eigenvalue weighted by Crippen LogP contribution is -2.28. The van der Waals surface area contributed by atoms with E-state index < -0.39 is 0 Å². The van der Waals surface area contributed by atoms with Gasteiger partial charge < -0.3 is 4.42 Å². The first kappa shape index (κ1) is 28.2. The molecule has 1 fully saturated rings. The van der Waals surface area contributed by atoms with Gasteiger partial charge in [-0.3, -0.25) is 0 Å². The highest BCUT2D eigenvalue weighted by Gasteiger charge is 2.43. The molecule has 1 saturated carbocycles. The summed E-state index contributed by atoms with van der Waals surface area (Å²) in [4.78, 5) is 15.0. The third-order valence-corrected chi connectivity index (χ3v) is 10.8. The molecule has 2 heterocycles. The Morgan fingerprint density at radius 2 is 1.00 bits per heavy atom. The lowest BCUT2D eigenvalue weighted by molar-refractivity contribution is 0.353. The van der Waals surface area contributed by atoms with Crippen molar-refractivity contribution in [2.24, 2.45) is 0 Å². The predicted octanol–water partition coefficient (Wildman–Crippen LogP) is 11.7. The van der Waals surface area contributed by atoms with Crippen molar-refractivity contribution in [2.75, 3.05) is 0 Å². The Balaban J connectivity index is 1.05. The number of fused-ring (bicyclic) bond motifs is 8. The maximum atomic E-state index is 6.21. The van der Waals surface area contributed by atoms with Crippen molar-refractivity contribution in [1.29, 1.82) is 0 Å². The topological polar surface area (TPSA) is 51.8 Å². The van der Waals surface area contributed by atoms with E-state index in [1.165, 1.54) is 65.5 Å². The van der Waals surface area contributed by atoms with Gasteiger partial charge in [0.2, 0.25) is 0 Å². The van der Waals surface area contributed by atoms with Crippen molar-refractivity contribution < 1.29 is 4.42 Å². The molecule has 4 nitrogen and oxygen atoms in total. The molecule has 234 valence electrons. The highest BCUT2D eigenvalue weighted by Crippen LogP contribution is 2.56. The van der Waals surface area contributed by atoms with Gasteiger partial charge in [-0.05, 0) is 70.5 Å². The van der Waals surface area contributed by atoms with Crippen molar-refractivity contribution >= 4 is 21.9 Å². The van der Waals surface area contributed by atoms with Gasteiger partial charge in [0.25, 0.3) is 0 Å². The number of hydrogen-bond acceptors (Lipinski definition) is 4. The number of para-hydroxylation sites is 1. The van der Waals surface area contributed by atoms with Gasteiger partial charge in [-0.25, -0.2) is 15.0 Å². The van der Waals surface area contributed by atoms with Crippen LogP contribution in [0.3, 0.4) is 0 Å². The number of hydrogen-bond donors (Lipinski definition) is 0. The average molecular weight is 632 g/mol. The summed E-state index contributed by atoms with van der Waals surface area (Å²) in [6, 6.07) is 49.4. The minimum absolute atomic E-state index is 0.140. The molecule has 2 aliphatic rings. The number of benzene rings is 6. The summed E-state index contributed by atoms with van der Waals surface area (Å²) >= 11 is 0. The van der Waals surface area contributed by atoms with Gasteiger partial charge in [0.15, 0.2) is 17.5 Å². The zero-order valence-electron chi connectivity index (χ0n) is 27.1. The zero-order valence-corrected chi connectivity index (χ0v) is 27.1. The second-order valence-corrected chi connectivity index (χ2v) is 13.5. The smallest absolute Gasteiger partial charge is 0.164 e. The number of nitrogens with zero attached hydrogens (tertiary/aromatic N) is 3. The van der Waals surface area contributed by atoms with Crippen LogP contribution >= 0.6 is 0 Å². The van der Waals surface area contributed by atoms with Crippen LogP contribution in [0.25, 0.3) is 78.4 Å². The molecule has 2 aromatic heterocycles. The highest BCUT2D eigenvalue weighted by molar-refractivity contribution is 6.05. The van der Waals surface area contributed by atoms with E-state index in [0.29, 0.717) is 17.5 Å². The maximum Gasteiger partial charge on any atom is 0.164 e. The summed E-state index contributed by atoms with van der Waals surface area (Å²) in [5, 5.41) is 2.18. The Kier molecular flexibility index (Phi) is 6.38. The van der Waals surface area contributed by atoms with Crippen LogP contribution in [-0.2, 0) is 5.41 Å². The fraction of sp³-hybridized carbons (Fsp3) is 0.133. The molecule has 0 amide bonds. The van der Waals surface area contributed by atoms with Crippen molar-refractivity contribution in [3.8, 4) is 56.4 Å². The molecule has 10 rings (SSSR count). The van der Waals surface area contributed by atoms with Gasteiger partial charge in [-0.15, -0.1) is 0 Å². The highest BCUT2D eigenvalue weighted by atomic mass is 16.3. The van der Waals surface area contributed by atoms with E-state index in [0.717, 1.165) is 38.6 Å². The van der Waals surface area contributed by atoms with Crippen molar-refractivity contribution in [2.45, 2.75) is 37.5 Å². The molecule has 0 atom stereocenters. The van der Waals surface area contributed by atoms with Crippen LogP contribution in [0.5, 0.6) is 0 Å². The fourth-order valence-electron chi connectivity index (χ4n) is 8.36. The molecule has 0 unspecified atom stereocenters. The Hall–Kier alpha value is -5.87. The van der Waals surface area contributed by atoms with Crippen LogP contribution in [0.2, 0.25) is 0 Å². The van der Waals surface area contributed by atoms with Crippen LogP contribution in [0.1, 0.15) is 43.2 Å². The lowest BCUT2D eigenvalue weighted by Gasteiger charge is -2.36. The lowest BCUT2D eigenvalue weighted by atomic mass is 9.67. The van der Waals surface area contributed by atoms with Gasteiger partial charge in [0.1, 0.15) is 11.2 Å². The van der Waals surface area contributed by atoms with Crippen molar-refractivity contribution in [1.82, 2.24) is 15.0 Å². The van der Waals surface area contributed by atoms with Crippen LogP contribution in [0.15, 0.2) is 144 Å². The Morgan fingerprint density at radius 3 is 1.82 bits per heavy atom. The molecule has 1 spiro atoms. The molecule has 0 aliphatic heterocycles. The minimum atomic E-state index is 0.140. The number of furan rings is 1. The average Bonchev–Trinajstić information content (AvgIpc) is 3.68. The Morgan fingerprint density at radius 1 is 0.408 bits per heavy atom. The third kappa shape index (κ3) is 4.55. The first-order chi connectivity index (χ1) is 24.2. The summed E-state index contributed by atoms with van der Waals surface area (Å²) < 4.78 is 6.21. The summed E-state index contributed by atoms with van der Waals surface area (Å²) in [5.74, 6) is 1.90. The van der Waals surface area contributed by atoms with Crippen LogP contribution in [0, 0.1) is 0 Å². The second-order valence-electron chi connectivity index (χ2n) is 13.5. The molecule has 6 aromatic carbocycles. The van der Waals surface area contributed by atoms with Gasteiger partial charge >= 0.3 is 0 Å². The van der Waals surface area contributed by atoms with Crippen LogP contribution < -0.4 is 0 Å². The second kappa shape index (κ2) is 11.1. The van der Waals surface area contributed by atoms with Gasteiger partial charge in [-0.2, -0.15) is 0 Å². The van der Waals surface area contributed by atoms with Gasteiger partial charge in [-0.1, -0.05) is 135 Å². The van der Waals surface area contributed by atoms with E-state index in [1.807, 2.05) is 54.6 Å². The van der Waals surface area contributed by atoms with Crippen molar-refractivity contribution in [3.05, 3.63) is 151 Å². The molecule has 49 heavy (non-hydrogen) atoms. The monoisotopic (exact) mass is 631 g/mol. The molecule has 8 aromatic rings. The van der Waals surface area contributed by atoms with E-state index in [-0.39, 0.29) is 5.41 Å². The SMILES string of the molecule is c1ccc(-c2nc(-c3ccc(-c4ccc5c(c4)C4(CCCCC4)c4ccccc4-5)cc3)nc(-c3ccc4c(c3)oc3ccccc34)n2)cc1. The summed E-state index contributed by atoms with van der Waals surface area (Å²) in [6.07, 6.45) is 6.37. The standard InChI is InChI=1S/C45H33N3O/c1-3-11-30(12-4-1)42-46-43(48-44(47-42)33-22-24-37-36-14-6-8-16-40(36)49-41(37)28-33)31-19-17-29(18-20-31)32-21-23-35-34-13-5-7-15-38(34)45(39(35)27-32)25-9-2-10-26-45/h1,3-8,11-24,27-28H,2,9-10,25-26H2. The largest absolute Gasteiger partial charge is 0.456 e. The van der Waals surface area contributed by atoms with Gasteiger partial charge in [0.05, 0.1) is 0 Å². The molecule has 0 saturated heterocycles. The molecule has 0 radical (unpaired) electrons. The van der Waals surface area contributed by atoms with E-state index in [2.05, 4.69) is 84.9 Å². The quantitative estimate of drug-likeness (QED) is 0.194. The fourth-order valence-corrected chi connectivity index (χ4v) is 8.36. The maximum absolute atomic E-state index is 6.21. The predicted molar refractivity (Wildman–Crippen MR) is 198 cm³/mol. The third-order valence-electron chi connectivity index (χ3n) is 10.8. The molecule has 4 heteroatoms. The van der Waals surface area contributed by atoms with E-state index in [9.17, 15) is 0 Å². The number of rotatable bonds is 4. The van der Waals surface area contributed by atoms with E-state index in [1.54, 1.807) is 0 Å².